The molecule has 0 aromatic heterocycles. The van der Waals surface area contributed by atoms with E-state index in [1.165, 1.54) is 0 Å². The van der Waals surface area contributed by atoms with Crippen LogP contribution >= 0.6 is 0 Å². The Morgan fingerprint density at radius 3 is 2.67 bits per heavy atom. The van der Waals surface area contributed by atoms with Gasteiger partial charge < -0.3 is 10.1 Å². The maximum Gasteiger partial charge on any atom is 0.320 e. The van der Waals surface area contributed by atoms with Gasteiger partial charge in [-0.25, -0.2) is 0 Å². The number of hydrogen-bond donors (Lipinski definition) is 1. The van der Waals surface area contributed by atoms with E-state index in [2.05, 4.69) is 10.2 Å². The van der Waals surface area contributed by atoms with Crippen LogP contribution in [0.15, 0.2) is 0 Å². The standard InChI is InChI=1S/C11H22N2O2/c1-11(2,3)15-10(14)8-13-6-5-9(7-13)12-4/h9,12H,5-8H2,1-4H3. The molecule has 15 heavy (non-hydrogen) atoms. The highest BCUT2D eigenvalue weighted by Crippen LogP contribution is 2.11. The Morgan fingerprint density at radius 2 is 2.20 bits per heavy atom. The first-order valence-corrected chi connectivity index (χ1v) is 5.52. The summed E-state index contributed by atoms with van der Waals surface area (Å²) in [6, 6.07) is 0.521. The van der Waals surface area contributed by atoms with Crippen molar-refractivity contribution in [1.29, 1.82) is 0 Å². The summed E-state index contributed by atoms with van der Waals surface area (Å²) in [5.41, 5.74) is -0.376. The van der Waals surface area contributed by atoms with E-state index in [0.29, 0.717) is 12.6 Å². The van der Waals surface area contributed by atoms with Gasteiger partial charge in [0.1, 0.15) is 5.60 Å². The average molecular weight is 214 g/mol. The van der Waals surface area contributed by atoms with Gasteiger partial charge in [-0.05, 0) is 34.2 Å². The SMILES string of the molecule is CNC1CCN(CC(=O)OC(C)(C)C)C1. The van der Waals surface area contributed by atoms with Crippen LogP contribution in [0.3, 0.4) is 0 Å². The molecule has 1 aliphatic heterocycles. The van der Waals surface area contributed by atoms with Crippen molar-refractivity contribution < 1.29 is 9.53 Å². The molecule has 0 aromatic rings. The first kappa shape index (κ1) is 12.5. The molecule has 88 valence electrons. The van der Waals surface area contributed by atoms with Crippen LogP contribution < -0.4 is 5.32 Å². The molecule has 0 saturated carbocycles. The van der Waals surface area contributed by atoms with Crippen molar-refractivity contribution in [3.05, 3.63) is 0 Å². The Kier molecular flexibility index (Phi) is 4.11. The molecule has 0 aromatic carbocycles. The second-order valence-electron chi connectivity index (χ2n) is 5.10. The van der Waals surface area contributed by atoms with Crippen LogP contribution in [0.4, 0.5) is 0 Å². The van der Waals surface area contributed by atoms with E-state index >= 15 is 0 Å². The number of ether oxygens (including phenoxy) is 1. The predicted molar refractivity (Wildman–Crippen MR) is 59.7 cm³/mol. The molecule has 1 atom stereocenters. The highest BCUT2D eigenvalue weighted by atomic mass is 16.6. The minimum absolute atomic E-state index is 0.126. The third-order valence-corrected chi connectivity index (χ3v) is 2.45. The molecule has 1 unspecified atom stereocenters. The number of nitrogens with one attached hydrogen (secondary N) is 1. The van der Waals surface area contributed by atoms with Gasteiger partial charge in [-0.1, -0.05) is 0 Å². The smallest absolute Gasteiger partial charge is 0.320 e. The minimum Gasteiger partial charge on any atom is -0.459 e. The molecule has 1 N–H and O–H groups in total. The van der Waals surface area contributed by atoms with Gasteiger partial charge in [0.25, 0.3) is 0 Å². The second kappa shape index (κ2) is 4.94. The molecule has 1 fully saturated rings. The van der Waals surface area contributed by atoms with E-state index in [-0.39, 0.29) is 11.6 Å². The molecular weight excluding hydrogens is 192 g/mol. The lowest BCUT2D eigenvalue weighted by Crippen LogP contribution is -2.35. The normalized spacial score (nSPS) is 23.1. The first-order chi connectivity index (χ1) is 6.90. The number of hydrogen-bond acceptors (Lipinski definition) is 4. The van der Waals surface area contributed by atoms with Crippen LogP contribution in [0.5, 0.6) is 0 Å². The molecule has 0 spiro atoms. The number of esters is 1. The molecule has 1 saturated heterocycles. The molecule has 0 amide bonds. The third-order valence-electron chi connectivity index (χ3n) is 2.45. The fourth-order valence-corrected chi connectivity index (χ4v) is 1.77. The van der Waals surface area contributed by atoms with E-state index in [1.807, 2.05) is 27.8 Å². The lowest BCUT2D eigenvalue weighted by atomic mass is 10.2. The Morgan fingerprint density at radius 1 is 1.53 bits per heavy atom. The lowest BCUT2D eigenvalue weighted by Gasteiger charge is -2.22. The van der Waals surface area contributed by atoms with Crippen molar-refractivity contribution in [2.24, 2.45) is 0 Å². The van der Waals surface area contributed by atoms with Crippen molar-refractivity contribution in [3.8, 4) is 0 Å². The van der Waals surface area contributed by atoms with E-state index < -0.39 is 0 Å². The number of likely N-dealkylation sites (N-methyl/N-ethyl adjacent to an activating group) is 1. The zero-order chi connectivity index (χ0) is 11.5. The Hall–Kier alpha value is -0.610. The average Bonchev–Trinajstić information content (AvgIpc) is 2.48. The van der Waals surface area contributed by atoms with E-state index in [0.717, 1.165) is 19.5 Å². The molecule has 0 radical (unpaired) electrons. The molecule has 1 rings (SSSR count). The highest BCUT2D eigenvalue weighted by Gasteiger charge is 2.24. The number of carbonyl (C=O) groups excluding carboxylic acids is 1. The number of carbonyl (C=O) groups is 1. The second-order valence-corrected chi connectivity index (χ2v) is 5.10. The summed E-state index contributed by atoms with van der Waals surface area (Å²) in [7, 11) is 1.96. The van der Waals surface area contributed by atoms with Crippen LogP contribution in [0, 0.1) is 0 Å². The summed E-state index contributed by atoms with van der Waals surface area (Å²) in [5.74, 6) is -0.126. The van der Waals surface area contributed by atoms with Crippen LogP contribution in [0.25, 0.3) is 0 Å². The van der Waals surface area contributed by atoms with Gasteiger partial charge in [-0.2, -0.15) is 0 Å². The third kappa shape index (κ3) is 4.62. The van der Waals surface area contributed by atoms with E-state index in [4.69, 9.17) is 4.74 Å². The maximum absolute atomic E-state index is 11.5. The summed E-state index contributed by atoms with van der Waals surface area (Å²) in [6.07, 6.45) is 1.11. The lowest BCUT2D eigenvalue weighted by molar-refractivity contribution is -0.155. The zero-order valence-corrected chi connectivity index (χ0v) is 10.2. The van der Waals surface area contributed by atoms with Gasteiger partial charge >= 0.3 is 5.97 Å². The topological polar surface area (TPSA) is 41.6 Å². The van der Waals surface area contributed by atoms with Gasteiger partial charge in [0, 0.05) is 19.1 Å². The molecule has 4 heteroatoms. The zero-order valence-electron chi connectivity index (χ0n) is 10.2. The Bertz CT molecular complexity index is 223. The van der Waals surface area contributed by atoms with Crippen LogP contribution in [0.2, 0.25) is 0 Å². The quantitative estimate of drug-likeness (QED) is 0.699. The fraction of sp³-hybridized carbons (Fsp3) is 0.909. The van der Waals surface area contributed by atoms with Crippen molar-refractivity contribution >= 4 is 5.97 Å². The highest BCUT2D eigenvalue weighted by molar-refractivity contribution is 5.72. The van der Waals surface area contributed by atoms with E-state index in [9.17, 15) is 4.79 Å². The minimum atomic E-state index is -0.376. The Labute approximate surface area is 92.0 Å². The molecule has 0 bridgehead atoms. The fourth-order valence-electron chi connectivity index (χ4n) is 1.77. The molecule has 4 nitrogen and oxygen atoms in total. The van der Waals surface area contributed by atoms with Crippen LogP contribution in [-0.2, 0) is 9.53 Å². The number of nitrogens with zero attached hydrogens (tertiary/aromatic N) is 1. The van der Waals surface area contributed by atoms with Crippen LogP contribution in [0.1, 0.15) is 27.2 Å². The number of likely N-dealkylation sites (tertiary alicyclic amines) is 1. The summed E-state index contributed by atoms with van der Waals surface area (Å²) in [5, 5.41) is 3.22. The Balaban J connectivity index is 2.28. The van der Waals surface area contributed by atoms with Gasteiger partial charge in [0.15, 0.2) is 0 Å². The molecule has 1 heterocycles. The first-order valence-electron chi connectivity index (χ1n) is 5.52. The molecular formula is C11H22N2O2. The summed E-state index contributed by atoms with van der Waals surface area (Å²) < 4.78 is 5.27. The van der Waals surface area contributed by atoms with Gasteiger partial charge in [0.05, 0.1) is 6.54 Å². The maximum atomic E-state index is 11.5. The summed E-state index contributed by atoms with van der Waals surface area (Å²) in [4.78, 5) is 13.7. The van der Waals surface area contributed by atoms with Crippen molar-refractivity contribution in [2.75, 3.05) is 26.7 Å². The summed E-state index contributed by atoms with van der Waals surface area (Å²) >= 11 is 0. The molecule has 0 aliphatic carbocycles. The molecule has 1 aliphatic rings. The van der Waals surface area contributed by atoms with E-state index in [1.54, 1.807) is 0 Å². The van der Waals surface area contributed by atoms with Crippen molar-refractivity contribution in [3.63, 3.8) is 0 Å². The monoisotopic (exact) mass is 214 g/mol. The predicted octanol–water partition coefficient (Wildman–Crippen LogP) is 0.622. The van der Waals surface area contributed by atoms with Gasteiger partial charge in [0.2, 0.25) is 0 Å². The number of rotatable bonds is 3. The van der Waals surface area contributed by atoms with Crippen LogP contribution in [-0.4, -0.2) is 49.2 Å². The van der Waals surface area contributed by atoms with Crippen molar-refractivity contribution in [2.45, 2.75) is 38.8 Å². The van der Waals surface area contributed by atoms with Crippen molar-refractivity contribution in [1.82, 2.24) is 10.2 Å². The van der Waals surface area contributed by atoms with Gasteiger partial charge in [-0.3, -0.25) is 9.69 Å². The summed E-state index contributed by atoms with van der Waals surface area (Å²) in [6.45, 7) is 8.01. The van der Waals surface area contributed by atoms with Gasteiger partial charge in [-0.15, -0.1) is 0 Å². The largest absolute Gasteiger partial charge is 0.459 e.